The second-order valence-electron chi connectivity index (χ2n) is 4.83. The van der Waals surface area contributed by atoms with Crippen LogP contribution in [0.15, 0.2) is 42.5 Å². The molecule has 2 aromatic carbocycles. The summed E-state index contributed by atoms with van der Waals surface area (Å²) in [5.41, 5.74) is 4.36. The highest BCUT2D eigenvalue weighted by Crippen LogP contribution is 2.33. The second-order valence-corrected chi connectivity index (χ2v) is 4.83. The molecule has 138 valence electrons. The number of hydrogen-bond acceptors (Lipinski definition) is 2. The van der Waals surface area contributed by atoms with Gasteiger partial charge in [-0.1, -0.05) is 12.1 Å². The largest absolute Gasteiger partial charge is 0.573 e. The van der Waals surface area contributed by atoms with Crippen molar-refractivity contribution in [2.45, 2.75) is 18.6 Å². The molecule has 0 aliphatic rings. The smallest absolute Gasteiger partial charge is 0.406 e. The first-order valence-corrected chi connectivity index (χ1v) is 6.45. The van der Waals surface area contributed by atoms with Crippen molar-refractivity contribution in [2.75, 3.05) is 0 Å². The minimum atomic E-state index is -4.88. The number of ether oxygens (including phenoxy) is 1. The van der Waals surface area contributed by atoms with Gasteiger partial charge < -0.3 is 10.5 Å². The molecule has 10 heteroatoms. The van der Waals surface area contributed by atoms with Crippen molar-refractivity contribution in [1.82, 2.24) is 0 Å². The molecule has 2 aromatic rings. The van der Waals surface area contributed by atoms with Crippen LogP contribution in [-0.4, -0.2) is 6.36 Å². The molecule has 1 atom stereocenters. The van der Waals surface area contributed by atoms with Crippen molar-refractivity contribution in [1.29, 1.82) is 0 Å². The van der Waals surface area contributed by atoms with Gasteiger partial charge >= 0.3 is 12.5 Å². The summed E-state index contributed by atoms with van der Waals surface area (Å²) in [6.45, 7) is 0. The van der Waals surface area contributed by atoms with E-state index < -0.39 is 41.3 Å². The van der Waals surface area contributed by atoms with Gasteiger partial charge in [0.2, 0.25) is 0 Å². The number of halogens is 8. The third-order valence-electron chi connectivity index (χ3n) is 3.13. The minimum absolute atomic E-state index is 0. The summed E-state index contributed by atoms with van der Waals surface area (Å²) in [4.78, 5) is 0. The third kappa shape index (κ3) is 5.50. The zero-order valence-electron chi connectivity index (χ0n) is 12.2. The summed E-state index contributed by atoms with van der Waals surface area (Å²) < 4.78 is 91.7. The van der Waals surface area contributed by atoms with E-state index in [1.54, 1.807) is 0 Å². The Balaban J connectivity index is 0.00000312. The summed E-state index contributed by atoms with van der Waals surface area (Å²) >= 11 is 0. The van der Waals surface area contributed by atoms with Crippen molar-refractivity contribution in [3.05, 3.63) is 65.0 Å². The fraction of sp³-hybridized carbons (Fsp3) is 0.200. The first kappa shape index (κ1) is 21.0. The van der Waals surface area contributed by atoms with Gasteiger partial charge in [-0.25, -0.2) is 4.39 Å². The van der Waals surface area contributed by atoms with Gasteiger partial charge in [0, 0.05) is 5.56 Å². The summed E-state index contributed by atoms with van der Waals surface area (Å²) in [7, 11) is 0. The maximum Gasteiger partial charge on any atom is 0.573 e. The molecular formula is C15H11ClF7NO. The average molecular weight is 390 g/mol. The quantitative estimate of drug-likeness (QED) is 0.731. The molecule has 0 amide bonds. The Morgan fingerprint density at radius 2 is 1.44 bits per heavy atom. The minimum Gasteiger partial charge on any atom is -0.406 e. The van der Waals surface area contributed by atoms with Crippen molar-refractivity contribution in [2.24, 2.45) is 5.73 Å². The zero-order valence-corrected chi connectivity index (χ0v) is 13.0. The van der Waals surface area contributed by atoms with Crippen LogP contribution in [0.1, 0.15) is 22.7 Å². The van der Waals surface area contributed by atoms with Crippen LogP contribution in [0.4, 0.5) is 30.7 Å². The molecular weight excluding hydrogens is 379 g/mol. The Bertz CT molecular complexity index is 713. The van der Waals surface area contributed by atoms with E-state index in [-0.39, 0.29) is 18.0 Å². The molecule has 0 saturated heterocycles. The molecule has 0 aliphatic carbocycles. The zero-order chi connectivity index (χ0) is 18.1. The molecule has 0 bridgehead atoms. The van der Waals surface area contributed by atoms with Crippen molar-refractivity contribution in [3.8, 4) is 5.75 Å². The first-order chi connectivity index (χ1) is 11.0. The van der Waals surface area contributed by atoms with Gasteiger partial charge in [0.15, 0.2) is 0 Å². The molecule has 0 aromatic heterocycles. The monoisotopic (exact) mass is 389 g/mol. The van der Waals surface area contributed by atoms with Gasteiger partial charge in [0.05, 0.1) is 11.6 Å². The van der Waals surface area contributed by atoms with E-state index in [2.05, 4.69) is 4.74 Å². The molecule has 0 aliphatic heterocycles. The molecule has 0 saturated carbocycles. The van der Waals surface area contributed by atoms with Crippen LogP contribution in [0.5, 0.6) is 5.75 Å². The fourth-order valence-electron chi connectivity index (χ4n) is 2.01. The average Bonchev–Trinajstić information content (AvgIpc) is 2.45. The lowest BCUT2D eigenvalue weighted by molar-refractivity contribution is -0.274. The number of benzene rings is 2. The Labute approximate surface area is 143 Å². The highest BCUT2D eigenvalue weighted by atomic mass is 35.5. The molecule has 0 spiro atoms. The van der Waals surface area contributed by atoms with E-state index in [9.17, 15) is 30.7 Å². The van der Waals surface area contributed by atoms with E-state index >= 15 is 0 Å². The summed E-state index contributed by atoms with van der Waals surface area (Å²) in [6, 6.07) is 4.61. The van der Waals surface area contributed by atoms with Gasteiger partial charge in [0.25, 0.3) is 0 Å². The number of nitrogens with two attached hydrogens (primary N) is 1. The van der Waals surface area contributed by atoms with Gasteiger partial charge in [-0.2, -0.15) is 13.2 Å². The maximum atomic E-state index is 13.8. The normalized spacial score (nSPS) is 13.1. The van der Waals surface area contributed by atoms with Crippen LogP contribution in [0.3, 0.4) is 0 Å². The molecule has 0 unspecified atom stereocenters. The van der Waals surface area contributed by atoms with Crippen LogP contribution in [0.25, 0.3) is 0 Å². The number of hydrogen-bond donors (Lipinski definition) is 1. The van der Waals surface area contributed by atoms with Gasteiger partial charge in [-0.05, 0) is 35.9 Å². The van der Waals surface area contributed by atoms with Crippen molar-refractivity contribution < 1.29 is 35.5 Å². The van der Waals surface area contributed by atoms with E-state index in [4.69, 9.17) is 5.73 Å². The number of alkyl halides is 6. The predicted octanol–water partition coefficient (Wildman–Crippen LogP) is 5.21. The molecule has 2 rings (SSSR count). The van der Waals surface area contributed by atoms with Gasteiger partial charge in [-0.15, -0.1) is 25.6 Å². The van der Waals surface area contributed by atoms with Crippen molar-refractivity contribution in [3.63, 3.8) is 0 Å². The molecule has 0 heterocycles. The fourth-order valence-corrected chi connectivity index (χ4v) is 2.01. The molecule has 2 N–H and O–H groups in total. The molecule has 0 radical (unpaired) electrons. The van der Waals surface area contributed by atoms with Crippen LogP contribution in [0, 0.1) is 5.82 Å². The standard InChI is InChI=1S/C15H10F7NO.ClH/c16-12-6-3-9(14(17,18)19)7-11(12)13(23)8-1-4-10(5-2-8)24-15(20,21)22;/h1-7,13H,23H2;1H/t13-;/m1./s1. The van der Waals surface area contributed by atoms with E-state index in [0.717, 1.165) is 24.3 Å². The van der Waals surface area contributed by atoms with Gasteiger partial charge in [-0.3, -0.25) is 0 Å². The highest BCUT2D eigenvalue weighted by Gasteiger charge is 2.32. The Morgan fingerprint density at radius 1 is 0.880 bits per heavy atom. The van der Waals surface area contributed by atoms with Crippen LogP contribution in [-0.2, 0) is 6.18 Å². The topological polar surface area (TPSA) is 35.2 Å². The molecule has 25 heavy (non-hydrogen) atoms. The van der Waals surface area contributed by atoms with Crippen LogP contribution < -0.4 is 10.5 Å². The van der Waals surface area contributed by atoms with Crippen LogP contribution in [0.2, 0.25) is 0 Å². The Hall–Kier alpha value is -2.00. The SMILES string of the molecule is Cl.N[C@H](c1ccc(OC(F)(F)F)cc1)c1cc(C(F)(F)F)ccc1F. The predicted molar refractivity (Wildman–Crippen MR) is 77.8 cm³/mol. The Kier molecular flexibility index (Phi) is 6.30. The molecule has 0 fully saturated rings. The lowest BCUT2D eigenvalue weighted by Gasteiger charge is -2.16. The third-order valence-corrected chi connectivity index (χ3v) is 3.13. The highest BCUT2D eigenvalue weighted by molar-refractivity contribution is 5.85. The van der Waals surface area contributed by atoms with E-state index in [1.807, 2.05) is 0 Å². The summed E-state index contributed by atoms with van der Waals surface area (Å²) in [5.74, 6) is -1.48. The van der Waals surface area contributed by atoms with Crippen molar-refractivity contribution >= 4 is 12.4 Å². The lowest BCUT2D eigenvalue weighted by atomic mass is 9.97. The maximum absolute atomic E-state index is 13.8. The van der Waals surface area contributed by atoms with E-state index in [1.165, 1.54) is 0 Å². The first-order valence-electron chi connectivity index (χ1n) is 6.45. The summed E-state index contributed by atoms with van der Waals surface area (Å²) in [5, 5.41) is 0. The lowest BCUT2D eigenvalue weighted by Crippen LogP contribution is -2.18. The second kappa shape index (κ2) is 7.49. The van der Waals surface area contributed by atoms with Gasteiger partial charge in [0.1, 0.15) is 11.6 Å². The Morgan fingerprint density at radius 3 is 1.92 bits per heavy atom. The molecule has 2 nitrogen and oxygen atoms in total. The summed E-state index contributed by atoms with van der Waals surface area (Å²) in [6.07, 6.45) is -9.55. The number of rotatable bonds is 3. The van der Waals surface area contributed by atoms with Crippen LogP contribution >= 0.6 is 12.4 Å². The van der Waals surface area contributed by atoms with E-state index in [0.29, 0.717) is 18.2 Å².